The summed E-state index contributed by atoms with van der Waals surface area (Å²) in [4.78, 5) is 0. The quantitative estimate of drug-likeness (QED) is 0.341. The minimum Gasteiger partial charge on any atom is -1.00 e. The summed E-state index contributed by atoms with van der Waals surface area (Å²) in [6, 6.07) is 0. The van der Waals surface area contributed by atoms with Gasteiger partial charge >= 0.3 is 0 Å². The van der Waals surface area contributed by atoms with Gasteiger partial charge in [-0.3, -0.25) is 0 Å². The van der Waals surface area contributed by atoms with E-state index in [0.29, 0.717) is 0 Å². The fraction of sp³-hybridized carbons (Fsp3) is 0. The first-order chi connectivity index (χ1) is 0. The van der Waals surface area contributed by atoms with Crippen LogP contribution in [-0.4, -0.2) is 11.0 Å². The summed E-state index contributed by atoms with van der Waals surface area (Å²) in [5, 5.41) is 0. The molecule has 5 heteroatoms. The van der Waals surface area contributed by atoms with Gasteiger partial charge in [0.15, 0.2) is 0 Å². The van der Waals surface area contributed by atoms with Crippen LogP contribution in [0.5, 0.6) is 0 Å². The van der Waals surface area contributed by atoms with Crippen LogP contribution >= 0.6 is 0 Å². The second kappa shape index (κ2) is 134. The Hall–Kier alpha value is 0.689. The number of rotatable bonds is 0. The number of hydrogen-bond donors (Lipinski definition) is 1. The van der Waals surface area contributed by atoms with Gasteiger partial charge in [0.1, 0.15) is 0 Å². The van der Waals surface area contributed by atoms with E-state index in [0.717, 1.165) is 0 Å². The summed E-state index contributed by atoms with van der Waals surface area (Å²) in [6.45, 7) is 0. The molecule has 0 aromatic rings. The molecule has 3 nitrogen and oxygen atoms in total. The SMILES string of the molecule is O.O.[Cl-].[Cu].[NH4+]. The van der Waals surface area contributed by atoms with Gasteiger partial charge in [-0.15, -0.1) is 0 Å². The van der Waals surface area contributed by atoms with Gasteiger partial charge in [-0.2, -0.15) is 0 Å². The molecular weight excluding hydrogens is 145 g/mol. The van der Waals surface area contributed by atoms with Crippen molar-refractivity contribution in [1.29, 1.82) is 0 Å². The van der Waals surface area contributed by atoms with Crippen molar-refractivity contribution in [3.8, 4) is 0 Å². The summed E-state index contributed by atoms with van der Waals surface area (Å²) in [6.07, 6.45) is 0. The Morgan fingerprint density at radius 3 is 0.800 bits per heavy atom. The molecule has 0 saturated heterocycles. The molecule has 0 bridgehead atoms. The molecular formula is H8ClCuNO2. The van der Waals surface area contributed by atoms with Crippen molar-refractivity contribution >= 4 is 0 Å². The third-order valence-electron chi connectivity index (χ3n) is 0. The van der Waals surface area contributed by atoms with Gasteiger partial charge < -0.3 is 29.5 Å². The molecule has 0 spiro atoms. The molecule has 43 valence electrons. The molecule has 0 rings (SSSR count). The predicted octanol–water partition coefficient (Wildman–Crippen LogP) is -4.27. The van der Waals surface area contributed by atoms with Crippen molar-refractivity contribution in [2.75, 3.05) is 0 Å². The average Bonchev–Trinajstić information content (AvgIpc) is 0. The van der Waals surface area contributed by atoms with E-state index >= 15 is 0 Å². The fourth-order valence-electron chi connectivity index (χ4n) is 0. The molecule has 0 unspecified atom stereocenters. The van der Waals surface area contributed by atoms with Crippen LogP contribution in [-0.2, 0) is 17.1 Å². The second-order valence-electron chi connectivity index (χ2n) is 0. The standard InChI is InChI=1S/ClH.Cu.H3N.2H2O/h1H;;1H3;2*1H2. The molecule has 0 aliphatic heterocycles. The van der Waals surface area contributed by atoms with E-state index in [1.54, 1.807) is 0 Å². The van der Waals surface area contributed by atoms with E-state index in [2.05, 4.69) is 0 Å². The van der Waals surface area contributed by atoms with Gasteiger partial charge in [0.05, 0.1) is 0 Å². The van der Waals surface area contributed by atoms with Gasteiger partial charge in [0.2, 0.25) is 0 Å². The minimum atomic E-state index is 0. The van der Waals surface area contributed by atoms with Crippen LogP contribution in [0.15, 0.2) is 0 Å². The Balaban J connectivity index is 0. The molecule has 0 saturated carbocycles. The Labute approximate surface area is 47.2 Å². The number of hydrogen-bond acceptors (Lipinski definition) is 0. The Morgan fingerprint density at radius 2 is 0.800 bits per heavy atom. The summed E-state index contributed by atoms with van der Waals surface area (Å²) in [5.74, 6) is 0. The first-order valence-electron chi connectivity index (χ1n) is 0. The van der Waals surface area contributed by atoms with E-state index < -0.39 is 0 Å². The Bertz CT molecular complexity index is 9.61. The monoisotopic (exact) mass is 152 g/mol. The van der Waals surface area contributed by atoms with E-state index in [1.165, 1.54) is 0 Å². The van der Waals surface area contributed by atoms with Crippen molar-refractivity contribution < 1.29 is 40.4 Å². The first kappa shape index (κ1) is 263. The van der Waals surface area contributed by atoms with Gasteiger partial charge in [0, 0.05) is 17.1 Å². The topological polar surface area (TPSA) is 99.5 Å². The van der Waals surface area contributed by atoms with Gasteiger partial charge in [-0.25, -0.2) is 0 Å². The summed E-state index contributed by atoms with van der Waals surface area (Å²) in [7, 11) is 0. The van der Waals surface area contributed by atoms with Crippen LogP contribution in [0.4, 0.5) is 0 Å². The fourth-order valence-corrected chi connectivity index (χ4v) is 0. The van der Waals surface area contributed by atoms with Crippen LogP contribution in [0.3, 0.4) is 0 Å². The van der Waals surface area contributed by atoms with E-state index in [1.807, 2.05) is 0 Å². The van der Waals surface area contributed by atoms with Crippen LogP contribution in [0.25, 0.3) is 0 Å². The molecule has 0 fully saturated rings. The van der Waals surface area contributed by atoms with Crippen molar-refractivity contribution in [3.05, 3.63) is 0 Å². The van der Waals surface area contributed by atoms with Gasteiger partial charge in [-0.05, 0) is 0 Å². The van der Waals surface area contributed by atoms with Crippen LogP contribution in [0, 0.1) is 0 Å². The minimum absolute atomic E-state index is 0. The van der Waals surface area contributed by atoms with Gasteiger partial charge in [-0.1, -0.05) is 0 Å². The maximum Gasteiger partial charge on any atom is 0 e. The first-order valence-corrected chi connectivity index (χ1v) is 0. The number of halogens is 1. The van der Waals surface area contributed by atoms with Crippen molar-refractivity contribution in [3.63, 3.8) is 0 Å². The summed E-state index contributed by atoms with van der Waals surface area (Å²) in [5.41, 5.74) is 0. The molecule has 1 radical (unpaired) electrons. The number of quaternary nitrogens is 1. The molecule has 8 N–H and O–H groups in total. The van der Waals surface area contributed by atoms with Gasteiger partial charge in [0.25, 0.3) is 0 Å². The summed E-state index contributed by atoms with van der Waals surface area (Å²) >= 11 is 0. The molecule has 0 aliphatic rings. The maximum absolute atomic E-state index is 0. The van der Waals surface area contributed by atoms with E-state index in [4.69, 9.17) is 0 Å². The molecule has 5 heavy (non-hydrogen) atoms. The molecule has 0 amide bonds. The smallest absolute Gasteiger partial charge is 0 e. The zero-order valence-corrected chi connectivity index (χ0v) is 4.38. The molecule has 0 aliphatic carbocycles. The van der Waals surface area contributed by atoms with E-state index in [9.17, 15) is 0 Å². The van der Waals surface area contributed by atoms with Crippen LogP contribution in [0.2, 0.25) is 0 Å². The maximum atomic E-state index is 0. The third kappa shape index (κ3) is 71.4. The predicted molar refractivity (Wildman–Crippen MR) is 13.2 cm³/mol. The molecule has 0 atom stereocenters. The van der Waals surface area contributed by atoms with Crippen LogP contribution in [0.1, 0.15) is 0 Å². The summed E-state index contributed by atoms with van der Waals surface area (Å²) < 4.78 is 0. The zero-order valence-electron chi connectivity index (χ0n) is 2.68. The molecule has 0 aromatic heterocycles. The van der Waals surface area contributed by atoms with E-state index in [-0.39, 0.29) is 46.6 Å². The molecule has 0 heterocycles. The third-order valence-corrected chi connectivity index (χ3v) is 0. The average molecular weight is 153 g/mol. The largest absolute Gasteiger partial charge is 1.00 e. The zero-order chi connectivity index (χ0) is 0. The van der Waals surface area contributed by atoms with Crippen molar-refractivity contribution in [2.45, 2.75) is 0 Å². The Morgan fingerprint density at radius 1 is 0.800 bits per heavy atom. The molecule has 0 aromatic carbocycles. The van der Waals surface area contributed by atoms with Crippen LogP contribution < -0.4 is 18.6 Å². The van der Waals surface area contributed by atoms with Crippen molar-refractivity contribution in [1.82, 2.24) is 6.15 Å². The normalized spacial score (nSPS) is 0. The van der Waals surface area contributed by atoms with Crippen molar-refractivity contribution in [2.24, 2.45) is 0 Å². The Kier molecular flexibility index (Phi) is 7070. The second-order valence-corrected chi connectivity index (χ2v) is 0.